The van der Waals surface area contributed by atoms with Gasteiger partial charge in [0, 0.05) is 0 Å². The zero-order valence-electron chi connectivity index (χ0n) is 8.04. The van der Waals surface area contributed by atoms with E-state index in [0.29, 0.717) is 0 Å². The Morgan fingerprint density at radius 2 is 1.69 bits per heavy atom. The van der Waals surface area contributed by atoms with Gasteiger partial charge in [0.25, 0.3) is 0 Å². The Hall–Kier alpha value is -0.790. The van der Waals surface area contributed by atoms with Crippen LogP contribution in [0.1, 0.15) is 44.9 Å². The molecule has 0 aromatic rings. The fourth-order valence-corrected chi connectivity index (χ4v) is 1.76. The summed E-state index contributed by atoms with van der Waals surface area (Å²) in [5.74, 6) is -0.698. The number of allylic oxidation sites excluding steroid dienone is 2. The fraction of sp³-hybridized carbons (Fsp3) is 0.727. The molecule has 1 rings (SSSR count). The van der Waals surface area contributed by atoms with Crippen LogP contribution in [0.15, 0.2) is 12.2 Å². The zero-order chi connectivity index (χ0) is 9.52. The molecule has 0 aromatic heterocycles. The van der Waals surface area contributed by atoms with E-state index in [1.165, 1.54) is 0 Å². The molecule has 0 bridgehead atoms. The predicted octanol–water partition coefficient (Wildman–Crippen LogP) is 2.99. The molecule has 0 aliphatic heterocycles. The first-order valence-electron chi connectivity index (χ1n) is 5.18. The molecule has 2 heteroatoms. The van der Waals surface area contributed by atoms with Gasteiger partial charge in [-0.25, -0.2) is 0 Å². The van der Waals surface area contributed by atoms with Crippen molar-refractivity contribution < 1.29 is 9.90 Å². The van der Waals surface area contributed by atoms with Crippen LogP contribution < -0.4 is 0 Å². The van der Waals surface area contributed by atoms with E-state index in [4.69, 9.17) is 5.11 Å². The van der Waals surface area contributed by atoms with Crippen molar-refractivity contribution in [2.24, 2.45) is 5.92 Å². The van der Waals surface area contributed by atoms with E-state index in [-0.39, 0.29) is 5.92 Å². The molecule has 2 nitrogen and oxygen atoms in total. The standard InChI is InChI=1S/C11H18O2/c12-11(13)10-8-6-4-2-1-3-5-7-9-10/h1-2,10H,3-9H2,(H,12,13)/b2-1-. The van der Waals surface area contributed by atoms with E-state index in [1.54, 1.807) is 0 Å². The van der Waals surface area contributed by atoms with Crippen molar-refractivity contribution in [2.75, 3.05) is 0 Å². The molecule has 0 spiro atoms. The minimum absolute atomic E-state index is 0.0912. The molecule has 0 radical (unpaired) electrons. The summed E-state index contributed by atoms with van der Waals surface area (Å²) in [6.07, 6.45) is 11.5. The molecule has 1 atom stereocenters. The van der Waals surface area contributed by atoms with Gasteiger partial charge in [0.2, 0.25) is 0 Å². The number of carboxylic acid groups (broad SMARTS) is 1. The first kappa shape index (κ1) is 10.3. The Labute approximate surface area is 79.6 Å². The summed E-state index contributed by atoms with van der Waals surface area (Å²) in [4.78, 5) is 10.8. The maximum absolute atomic E-state index is 10.8. The van der Waals surface area contributed by atoms with Crippen molar-refractivity contribution in [1.82, 2.24) is 0 Å². The van der Waals surface area contributed by atoms with Crippen molar-refractivity contribution in [1.29, 1.82) is 0 Å². The van der Waals surface area contributed by atoms with E-state index < -0.39 is 5.97 Å². The van der Waals surface area contributed by atoms with Gasteiger partial charge in [-0.1, -0.05) is 18.6 Å². The normalized spacial score (nSPS) is 27.8. The number of carbonyl (C=O) groups is 1. The number of hydrogen-bond donors (Lipinski definition) is 1. The van der Waals surface area contributed by atoms with Gasteiger partial charge in [0.15, 0.2) is 0 Å². The Balaban J connectivity index is 2.38. The maximum atomic E-state index is 10.8. The van der Waals surface area contributed by atoms with E-state index in [2.05, 4.69) is 12.2 Å². The first-order chi connectivity index (χ1) is 6.30. The summed E-state index contributed by atoms with van der Waals surface area (Å²) in [7, 11) is 0. The van der Waals surface area contributed by atoms with E-state index in [0.717, 1.165) is 44.9 Å². The quantitative estimate of drug-likeness (QED) is 0.633. The van der Waals surface area contributed by atoms with Crippen molar-refractivity contribution in [3.63, 3.8) is 0 Å². The van der Waals surface area contributed by atoms with Gasteiger partial charge in [-0.3, -0.25) is 4.79 Å². The third-order valence-electron chi connectivity index (χ3n) is 2.61. The molecule has 74 valence electrons. The summed E-state index contributed by atoms with van der Waals surface area (Å²) >= 11 is 0. The second kappa shape index (κ2) is 5.79. The molecule has 0 amide bonds. The fourth-order valence-electron chi connectivity index (χ4n) is 1.76. The number of rotatable bonds is 1. The van der Waals surface area contributed by atoms with Gasteiger partial charge in [0.1, 0.15) is 0 Å². The van der Waals surface area contributed by atoms with Crippen molar-refractivity contribution in [3.05, 3.63) is 12.2 Å². The van der Waals surface area contributed by atoms with Gasteiger partial charge < -0.3 is 5.11 Å². The lowest BCUT2D eigenvalue weighted by Crippen LogP contribution is -2.13. The molecular weight excluding hydrogens is 164 g/mol. The summed E-state index contributed by atoms with van der Waals surface area (Å²) in [6, 6.07) is 0. The van der Waals surface area contributed by atoms with E-state index in [1.807, 2.05) is 0 Å². The van der Waals surface area contributed by atoms with Crippen LogP contribution in [0.3, 0.4) is 0 Å². The van der Waals surface area contributed by atoms with Gasteiger partial charge >= 0.3 is 5.97 Å². The summed E-state index contributed by atoms with van der Waals surface area (Å²) in [5.41, 5.74) is 0. The molecule has 0 fully saturated rings. The highest BCUT2D eigenvalue weighted by atomic mass is 16.4. The van der Waals surface area contributed by atoms with Crippen LogP contribution in [0.25, 0.3) is 0 Å². The SMILES string of the molecule is O=C(O)C1CCC/C=C\CCCC1. The smallest absolute Gasteiger partial charge is 0.306 e. The predicted molar refractivity (Wildman–Crippen MR) is 52.6 cm³/mol. The average molecular weight is 182 g/mol. The molecule has 0 saturated heterocycles. The summed E-state index contributed by atoms with van der Waals surface area (Å²) in [6.45, 7) is 0. The highest BCUT2D eigenvalue weighted by Gasteiger charge is 2.16. The zero-order valence-corrected chi connectivity index (χ0v) is 8.04. The Kier molecular flexibility index (Phi) is 4.58. The Morgan fingerprint density at radius 1 is 1.08 bits per heavy atom. The molecule has 0 saturated carbocycles. The van der Waals surface area contributed by atoms with Crippen LogP contribution in [-0.4, -0.2) is 11.1 Å². The molecule has 0 heterocycles. The van der Waals surface area contributed by atoms with Gasteiger partial charge in [-0.05, 0) is 38.5 Å². The monoisotopic (exact) mass is 182 g/mol. The number of aliphatic carboxylic acids is 1. The highest BCUT2D eigenvalue weighted by molar-refractivity contribution is 5.69. The van der Waals surface area contributed by atoms with Gasteiger partial charge in [-0.15, -0.1) is 0 Å². The molecule has 1 aliphatic rings. The second-order valence-electron chi connectivity index (χ2n) is 3.72. The number of carboxylic acids is 1. The van der Waals surface area contributed by atoms with E-state index in [9.17, 15) is 4.79 Å². The van der Waals surface area contributed by atoms with Crippen molar-refractivity contribution >= 4 is 5.97 Å². The molecule has 1 aliphatic carbocycles. The third-order valence-corrected chi connectivity index (χ3v) is 2.61. The topological polar surface area (TPSA) is 37.3 Å². The van der Waals surface area contributed by atoms with Crippen LogP contribution >= 0.6 is 0 Å². The minimum atomic E-state index is -0.607. The Bertz CT molecular complexity index is 185. The lowest BCUT2D eigenvalue weighted by molar-refractivity contribution is -0.142. The summed E-state index contributed by atoms with van der Waals surface area (Å²) in [5, 5.41) is 8.90. The van der Waals surface area contributed by atoms with Crippen LogP contribution in [0.5, 0.6) is 0 Å². The van der Waals surface area contributed by atoms with E-state index >= 15 is 0 Å². The van der Waals surface area contributed by atoms with Crippen molar-refractivity contribution in [2.45, 2.75) is 44.9 Å². The number of hydrogen-bond acceptors (Lipinski definition) is 1. The first-order valence-corrected chi connectivity index (χ1v) is 5.18. The molecule has 0 aromatic carbocycles. The van der Waals surface area contributed by atoms with Gasteiger partial charge in [-0.2, -0.15) is 0 Å². The highest BCUT2D eigenvalue weighted by Crippen LogP contribution is 2.18. The largest absolute Gasteiger partial charge is 0.481 e. The van der Waals surface area contributed by atoms with Crippen LogP contribution in [-0.2, 0) is 4.79 Å². The molecule has 13 heavy (non-hydrogen) atoms. The Morgan fingerprint density at radius 3 is 2.38 bits per heavy atom. The van der Waals surface area contributed by atoms with Crippen LogP contribution in [0, 0.1) is 5.92 Å². The van der Waals surface area contributed by atoms with Crippen molar-refractivity contribution in [3.8, 4) is 0 Å². The lowest BCUT2D eigenvalue weighted by Gasteiger charge is -2.11. The third kappa shape index (κ3) is 4.11. The minimum Gasteiger partial charge on any atom is -0.481 e. The average Bonchev–Trinajstić information content (AvgIpc) is 2.14. The van der Waals surface area contributed by atoms with Gasteiger partial charge in [0.05, 0.1) is 5.92 Å². The molecule has 1 unspecified atom stereocenters. The van der Waals surface area contributed by atoms with Crippen LogP contribution in [0.2, 0.25) is 0 Å². The summed E-state index contributed by atoms with van der Waals surface area (Å²) < 4.78 is 0. The maximum Gasteiger partial charge on any atom is 0.306 e. The molecule has 1 N–H and O–H groups in total. The second-order valence-corrected chi connectivity index (χ2v) is 3.72. The lowest BCUT2D eigenvalue weighted by atomic mass is 9.94. The molecular formula is C11H18O2. The van der Waals surface area contributed by atoms with Crippen LogP contribution in [0.4, 0.5) is 0 Å².